The van der Waals surface area contributed by atoms with Gasteiger partial charge in [-0.25, -0.2) is 22.7 Å². The molecular formula is C14H17F3N4O2S2. The number of rotatable bonds is 3. The molecular weight excluding hydrogens is 377 g/mol. The lowest BCUT2D eigenvalue weighted by atomic mass is 10.1. The van der Waals surface area contributed by atoms with Crippen molar-refractivity contribution >= 4 is 37.4 Å². The third-order valence-corrected chi connectivity index (χ3v) is 7.68. The van der Waals surface area contributed by atoms with E-state index in [9.17, 15) is 21.6 Å². The zero-order valence-electron chi connectivity index (χ0n) is 13.8. The molecule has 2 atom stereocenters. The van der Waals surface area contributed by atoms with Crippen LogP contribution in [-0.4, -0.2) is 61.3 Å². The van der Waals surface area contributed by atoms with E-state index in [1.807, 2.05) is 12.3 Å². The summed E-state index contributed by atoms with van der Waals surface area (Å²) in [6.45, 7) is 1.13. The highest BCUT2D eigenvalue weighted by atomic mass is 32.2. The molecule has 2 aromatic rings. The number of halogens is 3. The van der Waals surface area contributed by atoms with E-state index in [0.29, 0.717) is 16.0 Å². The van der Waals surface area contributed by atoms with Crippen molar-refractivity contribution in [3.63, 3.8) is 0 Å². The van der Waals surface area contributed by atoms with Crippen LogP contribution >= 0.6 is 11.3 Å². The second-order valence-corrected chi connectivity index (χ2v) is 9.44. The average Bonchev–Trinajstić information content (AvgIpc) is 3.11. The first-order valence-corrected chi connectivity index (χ1v) is 9.83. The smallest absolute Gasteiger partial charge is 0.354 e. The van der Waals surface area contributed by atoms with Crippen LogP contribution in [0.2, 0.25) is 0 Å². The van der Waals surface area contributed by atoms with Crippen molar-refractivity contribution in [2.75, 3.05) is 32.1 Å². The Morgan fingerprint density at radius 3 is 2.56 bits per heavy atom. The highest BCUT2D eigenvalue weighted by Gasteiger charge is 2.55. The molecule has 3 rings (SSSR count). The molecule has 0 unspecified atom stereocenters. The first-order valence-electron chi connectivity index (χ1n) is 7.45. The summed E-state index contributed by atoms with van der Waals surface area (Å²) in [4.78, 5) is 10.4. The number of hydrogen-bond acceptors (Lipinski definition) is 6. The van der Waals surface area contributed by atoms with Gasteiger partial charge in [-0.05, 0) is 17.9 Å². The van der Waals surface area contributed by atoms with Crippen molar-refractivity contribution in [1.29, 1.82) is 0 Å². The molecule has 1 aliphatic heterocycles. The summed E-state index contributed by atoms with van der Waals surface area (Å²) >= 11 is 1.38. The van der Waals surface area contributed by atoms with Crippen LogP contribution in [0.3, 0.4) is 0 Å². The number of thiophene rings is 1. The molecule has 138 valence electrons. The van der Waals surface area contributed by atoms with Gasteiger partial charge in [-0.2, -0.15) is 13.2 Å². The van der Waals surface area contributed by atoms with Gasteiger partial charge in [0.1, 0.15) is 22.2 Å². The zero-order valence-corrected chi connectivity index (χ0v) is 15.4. The standard InChI is InChI=1S/C14H17F3N4O2S2/c1-8-6-24-13-11(8)12(18-7-19-13)21-4-9(14(15,16)17)10(5-21)25(22,23)20(2)3/h6-7,9-10H,4-5H2,1-3H3/t9-,10-/m1/s1. The molecule has 0 aromatic carbocycles. The molecule has 0 N–H and O–H groups in total. The maximum atomic E-state index is 13.5. The van der Waals surface area contributed by atoms with E-state index in [-0.39, 0.29) is 6.54 Å². The molecule has 3 heterocycles. The molecule has 6 nitrogen and oxygen atoms in total. The molecule has 0 spiro atoms. The highest BCUT2D eigenvalue weighted by Crippen LogP contribution is 2.41. The fraction of sp³-hybridized carbons (Fsp3) is 0.571. The minimum absolute atomic E-state index is 0.258. The Labute approximate surface area is 147 Å². The van der Waals surface area contributed by atoms with Gasteiger partial charge in [0.15, 0.2) is 0 Å². The zero-order chi connectivity index (χ0) is 18.6. The van der Waals surface area contributed by atoms with Crippen LogP contribution in [0.15, 0.2) is 11.7 Å². The molecule has 1 saturated heterocycles. The van der Waals surface area contributed by atoms with Gasteiger partial charge >= 0.3 is 6.18 Å². The predicted molar refractivity (Wildman–Crippen MR) is 90.3 cm³/mol. The lowest BCUT2D eigenvalue weighted by molar-refractivity contribution is -0.167. The Morgan fingerprint density at radius 2 is 1.96 bits per heavy atom. The number of aromatic nitrogens is 2. The SMILES string of the molecule is Cc1csc2ncnc(N3C[C@@H](C(F)(F)F)[C@H](S(=O)(=O)N(C)C)C3)c12. The number of fused-ring (bicyclic) bond motifs is 1. The molecule has 0 radical (unpaired) electrons. The molecule has 25 heavy (non-hydrogen) atoms. The van der Waals surface area contributed by atoms with Crippen LogP contribution in [0, 0.1) is 12.8 Å². The van der Waals surface area contributed by atoms with Crippen LogP contribution in [0.4, 0.5) is 19.0 Å². The summed E-state index contributed by atoms with van der Waals surface area (Å²) in [5.74, 6) is -1.61. The molecule has 0 bridgehead atoms. The molecule has 1 aliphatic rings. The van der Waals surface area contributed by atoms with E-state index < -0.39 is 33.9 Å². The van der Waals surface area contributed by atoms with E-state index in [2.05, 4.69) is 9.97 Å². The second-order valence-electron chi connectivity index (χ2n) is 6.22. The minimum Gasteiger partial charge on any atom is -0.354 e. The molecule has 2 aromatic heterocycles. The number of anilines is 1. The first kappa shape index (κ1) is 18.3. The average molecular weight is 394 g/mol. The summed E-state index contributed by atoms with van der Waals surface area (Å²) in [6.07, 6.45) is -3.32. The van der Waals surface area contributed by atoms with E-state index in [1.54, 1.807) is 0 Å². The Balaban J connectivity index is 2.07. The fourth-order valence-corrected chi connectivity index (χ4v) is 5.52. The molecule has 0 amide bonds. The number of alkyl halides is 3. The molecule has 11 heteroatoms. The fourth-order valence-electron chi connectivity index (χ4n) is 3.07. The Morgan fingerprint density at radius 1 is 1.28 bits per heavy atom. The van der Waals surface area contributed by atoms with Crippen LogP contribution in [0.25, 0.3) is 10.2 Å². The first-order chi connectivity index (χ1) is 11.5. The number of sulfonamides is 1. The maximum absolute atomic E-state index is 13.5. The molecule has 0 saturated carbocycles. The Hall–Kier alpha value is -1.46. The Bertz CT molecular complexity index is 895. The van der Waals surface area contributed by atoms with Crippen LogP contribution in [0.5, 0.6) is 0 Å². The summed E-state index contributed by atoms with van der Waals surface area (Å²) in [6, 6.07) is 0. The summed E-state index contributed by atoms with van der Waals surface area (Å²) in [5.41, 5.74) is 0.859. The lowest BCUT2D eigenvalue weighted by Gasteiger charge is -2.23. The minimum atomic E-state index is -4.61. The van der Waals surface area contributed by atoms with Crippen LogP contribution < -0.4 is 4.90 Å². The summed E-state index contributed by atoms with van der Waals surface area (Å²) in [5, 5.41) is 0.969. The van der Waals surface area contributed by atoms with E-state index in [0.717, 1.165) is 9.87 Å². The number of aryl methyl sites for hydroxylation is 1. The lowest BCUT2D eigenvalue weighted by Crippen LogP contribution is -2.43. The molecule has 0 aliphatic carbocycles. The second kappa shape index (κ2) is 6.06. The van der Waals surface area contributed by atoms with Gasteiger partial charge in [-0.1, -0.05) is 0 Å². The van der Waals surface area contributed by atoms with Gasteiger partial charge in [0.2, 0.25) is 10.0 Å². The third-order valence-electron chi connectivity index (χ3n) is 4.41. The van der Waals surface area contributed by atoms with E-state index in [1.165, 1.54) is 36.7 Å². The maximum Gasteiger partial charge on any atom is 0.394 e. The highest BCUT2D eigenvalue weighted by molar-refractivity contribution is 7.89. The largest absolute Gasteiger partial charge is 0.394 e. The monoisotopic (exact) mass is 394 g/mol. The van der Waals surface area contributed by atoms with Gasteiger partial charge < -0.3 is 4.90 Å². The van der Waals surface area contributed by atoms with E-state index >= 15 is 0 Å². The summed E-state index contributed by atoms with van der Waals surface area (Å²) in [7, 11) is -1.57. The quantitative estimate of drug-likeness (QED) is 0.799. The van der Waals surface area contributed by atoms with Gasteiger partial charge in [0.05, 0.1) is 11.3 Å². The van der Waals surface area contributed by atoms with Gasteiger partial charge in [0.25, 0.3) is 0 Å². The van der Waals surface area contributed by atoms with Crippen LogP contribution in [0.1, 0.15) is 5.56 Å². The van der Waals surface area contributed by atoms with Gasteiger partial charge in [-0.3, -0.25) is 0 Å². The van der Waals surface area contributed by atoms with Crippen molar-refractivity contribution in [3.05, 3.63) is 17.3 Å². The van der Waals surface area contributed by atoms with Gasteiger partial charge in [0, 0.05) is 27.2 Å². The van der Waals surface area contributed by atoms with Crippen molar-refractivity contribution in [2.24, 2.45) is 5.92 Å². The topological polar surface area (TPSA) is 66.4 Å². The molecule has 1 fully saturated rings. The van der Waals surface area contributed by atoms with Crippen LogP contribution in [-0.2, 0) is 10.0 Å². The van der Waals surface area contributed by atoms with Gasteiger partial charge in [-0.15, -0.1) is 11.3 Å². The number of nitrogens with zero attached hydrogens (tertiary/aromatic N) is 4. The van der Waals surface area contributed by atoms with Crippen molar-refractivity contribution < 1.29 is 21.6 Å². The summed E-state index contributed by atoms with van der Waals surface area (Å²) < 4.78 is 66.1. The normalized spacial score (nSPS) is 22.3. The third kappa shape index (κ3) is 3.08. The Kier molecular flexibility index (Phi) is 4.44. The van der Waals surface area contributed by atoms with E-state index in [4.69, 9.17) is 0 Å². The van der Waals surface area contributed by atoms with Crippen molar-refractivity contribution in [1.82, 2.24) is 14.3 Å². The number of hydrogen-bond donors (Lipinski definition) is 0. The van der Waals surface area contributed by atoms with Crippen molar-refractivity contribution in [2.45, 2.75) is 18.3 Å². The predicted octanol–water partition coefficient (Wildman–Crippen LogP) is 2.26. The van der Waals surface area contributed by atoms with Crippen molar-refractivity contribution in [3.8, 4) is 0 Å².